The van der Waals surface area contributed by atoms with Gasteiger partial charge in [0.05, 0.1) is 12.1 Å². The monoisotopic (exact) mass is 505 g/mol. The van der Waals surface area contributed by atoms with Crippen molar-refractivity contribution in [2.45, 2.75) is 39.2 Å². The van der Waals surface area contributed by atoms with Crippen molar-refractivity contribution in [3.8, 4) is 11.4 Å². The lowest BCUT2D eigenvalue weighted by Gasteiger charge is -2.21. The molecule has 1 heterocycles. The van der Waals surface area contributed by atoms with Crippen molar-refractivity contribution >= 4 is 23.8 Å². The number of amides is 2. The average molecular weight is 505 g/mol. The molecule has 1 aromatic heterocycles. The third kappa shape index (κ3) is 7.93. The first kappa shape index (κ1) is 27.5. The zero-order valence-corrected chi connectivity index (χ0v) is 18.7. The summed E-state index contributed by atoms with van der Waals surface area (Å²) in [5, 5.41) is 7.69. The Kier molecular flexibility index (Phi) is 8.41. The minimum Gasteiger partial charge on any atom is -0.347 e. The second kappa shape index (κ2) is 10.7. The lowest BCUT2D eigenvalue weighted by Crippen LogP contribution is -2.53. The highest BCUT2D eigenvalue weighted by Crippen LogP contribution is 2.32. The molecule has 0 aliphatic heterocycles. The Morgan fingerprint density at radius 1 is 1.09 bits per heavy atom. The van der Waals surface area contributed by atoms with Crippen molar-refractivity contribution in [2.75, 3.05) is 6.54 Å². The van der Waals surface area contributed by atoms with Crippen LogP contribution < -0.4 is 10.6 Å². The summed E-state index contributed by atoms with van der Waals surface area (Å²) < 4.78 is 77.5. The summed E-state index contributed by atoms with van der Waals surface area (Å²) in [5.41, 5.74) is -0.404. The van der Waals surface area contributed by atoms with Gasteiger partial charge in [0.2, 0.25) is 5.91 Å². The third-order valence-corrected chi connectivity index (χ3v) is 4.51. The van der Waals surface area contributed by atoms with Crippen molar-refractivity contribution in [3.63, 3.8) is 0 Å². The molecule has 0 spiro atoms. The van der Waals surface area contributed by atoms with Gasteiger partial charge in [-0.25, -0.2) is 9.67 Å². The summed E-state index contributed by atoms with van der Waals surface area (Å²) in [6, 6.07) is 1.81. The van der Waals surface area contributed by atoms with Gasteiger partial charge in [-0.1, -0.05) is 13.8 Å². The summed E-state index contributed by atoms with van der Waals surface area (Å²) in [6.07, 6.45) is -6.46. The molecular formula is C21H21F6N5O3. The first-order chi connectivity index (χ1) is 16.1. The Morgan fingerprint density at radius 3 is 2.31 bits per heavy atom. The van der Waals surface area contributed by atoms with Gasteiger partial charge >= 0.3 is 18.3 Å². The normalized spacial score (nSPS) is 13.2. The number of benzene rings is 1. The van der Waals surface area contributed by atoms with E-state index in [1.165, 1.54) is 26.8 Å². The summed E-state index contributed by atoms with van der Waals surface area (Å²) >= 11 is 0. The number of carbonyl (C=O) groups is 3. The van der Waals surface area contributed by atoms with Crippen LogP contribution in [0, 0.1) is 12.8 Å². The van der Waals surface area contributed by atoms with Crippen molar-refractivity contribution in [1.82, 2.24) is 25.4 Å². The molecule has 0 aliphatic rings. The fraction of sp³-hybridized carbons (Fsp3) is 0.381. The van der Waals surface area contributed by atoms with E-state index in [0.29, 0.717) is 5.56 Å². The van der Waals surface area contributed by atoms with E-state index >= 15 is 0 Å². The Morgan fingerprint density at radius 2 is 1.74 bits per heavy atom. The topological polar surface area (TPSA) is 106 Å². The van der Waals surface area contributed by atoms with E-state index in [2.05, 4.69) is 15.4 Å². The van der Waals surface area contributed by atoms with E-state index in [0.717, 1.165) is 35.4 Å². The van der Waals surface area contributed by atoms with Crippen LogP contribution in [0.25, 0.3) is 17.6 Å². The molecule has 1 atom stereocenters. The van der Waals surface area contributed by atoms with Crippen LogP contribution in [-0.4, -0.2) is 51.1 Å². The van der Waals surface area contributed by atoms with Crippen LogP contribution >= 0.6 is 0 Å². The number of nitrogens with zero attached hydrogens (tertiary/aromatic N) is 3. The second-order valence-electron chi connectivity index (χ2n) is 7.83. The lowest BCUT2D eigenvalue weighted by atomic mass is 10.0. The van der Waals surface area contributed by atoms with E-state index in [4.69, 9.17) is 0 Å². The number of hydrogen-bond donors (Lipinski definition) is 2. The molecule has 2 rings (SSSR count). The molecule has 2 aromatic rings. The predicted octanol–water partition coefficient (Wildman–Crippen LogP) is 3.13. The molecule has 0 radical (unpaired) electrons. The molecule has 1 aromatic carbocycles. The van der Waals surface area contributed by atoms with Gasteiger partial charge in [0.25, 0.3) is 0 Å². The molecule has 0 saturated heterocycles. The number of rotatable bonds is 8. The van der Waals surface area contributed by atoms with Crippen molar-refractivity contribution in [2.24, 2.45) is 5.92 Å². The van der Waals surface area contributed by atoms with E-state index < -0.39 is 54.0 Å². The largest absolute Gasteiger partial charge is 0.471 e. The zero-order chi connectivity index (χ0) is 26.6. The highest BCUT2D eigenvalue weighted by Gasteiger charge is 2.41. The predicted molar refractivity (Wildman–Crippen MR) is 111 cm³/mol. The molecule has 0 fully saturated rings. The van der Waals surface area contributed by atoms with Gasteiger partial charge in [-0.3, -0.25) is 14.4 Å². The Labute approximate surface area is 195 Å². The van der Waals surface area contributed by atoms with Crippen molar-refractivity contribution in [3.05, 3.63) is 41.7 Å². The quantitative estimate of drug-likeness (QED) is 0.424. The molecule has 0 aliphatic carbocycles. The summed E-state index contributed by atoms with van der Waals surface area (Å²) in [6.45, 7) is 3.73. The van der Waals surface area contributed by atoms with E-state index in [1.54, 1.807) is 5.32 Å². The van der Waals surface area contributed by atoms with Crippen LogP contribution in [0.1, 0.15) is 25.0 Å². The summed E-state index contributed by atoms with van der Waals surface area (Å²) in [7, 11) is 0. The van der Waals surface area contributed by atoms with Gasteiger partial charge in [-0.05, 0) is 36.6 Å². The maximum Gasteiger partial charge on any atom is 0.471 e. The SMILES string of the molecule is Cc1cc(-c2ncn(/C=C\C(=O)CNC(=O)[C@@H](NC(=O)C(F)(F)F)C(C)C)n2)cc(C(F)(F)F)c1. The number of nitrogens with one attached hydrogen (secondary N) is 2. The fourth-order valence-corrected chi connectivity index (χ4v) is 2.82. The minimum atomic E-state index is -5.17. The summed E-state index contributed by atoms with van der Waals surface area (Å²) in [5.74, 6) is -4.66. The molecule has 35 heavy (non-hydrogen) atoms. The number of aromatic nitrogens is 3. The summed E-state index contributed by atoms with van der Waals surface area (Å²) in [4.78, 5) is 39.2. The van der Waals surface area contributed by atoms with Crippen LogP contribution in [0.4, 0.5) is 26.3 Å². The molecular weight excluding hydrogens is 484 g/mol. The number of hydrogen-bond acceptors (Lipinski definition) is 5. The number of ketones is 1. The molecule has 14 heteroatoms. The fourth-order valence-electron chi connectivity index (χ4n) is 2.82. The maximum absolute atomic E-state index is 13.0. The van der Waals surface area contributed by atoms with E-state index in [1.807, 2.05) is 0 Å². The van der Waals surface area contributed by atoms with E-state index in [9.17, 15) is 40.7 Å². The van der Waals surface area contributed by atoms with Gasteiger partial charge in [-0.15, -0.1) is 5.10 Å². The van der Waals surface area contributed by atoms with Crippen molar-refractivity contribution < 1.29 is 40.7 Å². The van der Waals surface area contributed by atoms with Crippen LogP contribution in [-0.2, 0) is 20.6 Å². The van der Waals surface area contributed by atoms with Gasteiger partial charge in [0.15, 0.2) is 11.6 Å². The van der Waals surface area contributed by atoms with Crippen LogP contribution in [0.5, 0.6) is 0 Å². The van der Waals surface area contributed by atoms with Gasteiger partial charge in [-0.2, -0.15) is 26.3 Å². The number of halogens is 6. The lowest BCUT2D eigenvalue weighted by molar-refractivity contribution is -0.175. The highest BCUT2D eigenvalue weighted by atomic mass is 19.4. The van der Waals surface area contributed by atoms with Gasteiger partial charge < -0.3 is 10.6 Å². The van der Waals surface area contributed by atoms with Gasteiger partial charge in [0, 0.05) is 17.8 Å². The average Bonchev–Trinajstić information content (AvgIpc) is 3.21. The molecule has 2 N–H and O–H groups in total. The molecule has 0 saturated carbocycles. The number of alkyl halides is 6. The standard InChI is InChI=1S/C21H21F6N5O3/c1-11(2)16(30-19(35)21(25,26)27)18(34)28-9-15(33)4-5-32-10-29-17(31-32)13-6-12(3)7-14(8-13)20(22,23)24/h4-8,10-11,16H,9H2,1-3H3,(H,28,34)(H,30,35)/b5-4-/t16-/m0/s1. The molecule has 2 amide bonds. The Bertz CT molecular complexity index is 1120. The van der Waals surface area contributed by atoms with Gasteiger partial charge in [0.1, 0.15) is 12.4 Å². The first-order valence-electron chi connectivity index (χ1n) is 10.0. The maximum atomic E-state index is 13.0. The van der Waals surface area contributed by atoms with Crippen LogP contribution in [0.2, 0.25) is 0 Å². The second-order valence-corrected chi connectivity index (χ2v) is 7.83. The van der Waals surface area contributed by atoms with Crippen LogP contribution in [0.3, 0.4) is 0 Å². The highest BCUT2D eigenvalue weighted by molar-refractivity contribution is 5.97. The minimum absolute atomic E-state index is 0.0233. The number of carbonyl (C=O) groups excluding carboxylic acids is 3. The molecule has 8 nitrogen and oxygen atoms in total. The molecule has 0 bridgehead atoms. The first-order valence-corrected chi connectivity index (χ1v) is 10.0. The van der Waals surface area contributed by atoms with E-state index in [-0.39, 0.29) is 11.4 Å². The van der Waals surface area contributed by atoms with Crippen molar-refractivity contribution in [1.29, 1.82) is 0 Å². The Hall–Kier alpha value is -3.71. The smallest absolute Gasteiger partial charge is 0.347 e. The third-order valence-electron chi connectivity index (χ3n) is 4.51. The Balaban J connectivity index is 2.01. The molecule has 190 valence electrons. The number of aryl methyl sites for hydroxylation is 1. The molecule has 0 unspecified atom stereocenters. The zero-order valence-electron chi connectivity index (χ0n) is 18.7. The van der Waals surface area contributed by atoms with Crippen LogP contribution in [0.15, 0.2) is 30.6 Å².